The van der Waals surface area contributed by atoms with Crippen LogP contribution in [0.1, 0.15) is 25.0 Å². The molecular weight excluding hydrogens is 394 g/mol. The number of amides is 3. The third-order valence-corrected chi connectivity index (χ3v) is 4.77. The molecule has 2 aromatic carbocycles. The molecule has 150 valence electrons. The Kier molecular flexibility index (Phi) is 4.92. The molecule has 0 saturated carbocycles. The molecule has 2 radical (unpaired) electrons. The van der Waals surface area contributed by atoms with Crippen molar-refractivity contribution in [1.29, 1.82) is 0 Å². The van der Waals surface area contributed by atoms with E-state index in [4.69, 9.17) is 7.85 Å². The molecule has 1 fully saturated rings. The van der Waals surface area contributed by atoms with Gasteiger partial charge >= 0.3 is 12.2 Å². The molecule has 1 saturated heterocycles. The predicted octanol–water partition coefficient (Wildman–Crippen LogP) is 3.52. The van der Waals surface area contributed by atoms with Crippen molar-refractivity contribution in [3.8, 4) is 0 Å². The number of alkyl halides is 3. The van der Waals surface area contributed by atoms with Gasteiger partial charge in [0.1, 0.15) is 25.0 Å². The van der Waals surface area contributed by atoms with E-state index in [0.717, 1.165) is 23.1 Å². The molecule has 3 rings (SSSR count). The Morgan fingerprint density at radius 2 is 1.69 bits per heavy atom. The van der Waals surface area contributed by atoms with Crippen LogP contribution in [-0.4, -0.2) is 30.2 Å². The van der Waals surface area contributed by atoms with Crippen LogP contribution in [0.4, 0.5) is 32.4 Å². The smallest absolute Gasteiger partial charge is 0.305 e. The molecule has 0 atom stereocenters. The number of benzene rings is 2. The summed E-state index contributed by atoms with van der Waals surface area (Å²) in [4.78, 5) is 27.4. The van der Waals surface area contributed by atoms with Crippen LogP contribution in [0.5, 0.6) is 0 Å². The molecule has 0 bridgehead atoms. The van der Waals surface area contributed by atoms with Crippen molar-refractivity contribution in [2.24, 2.45) is 0 Å². The number of hydrogen-bond acceptors (Lipinski definition) is 2. The monoisotopic (exact) mass is 408 g/mol. The number of imide groups is 1. The van der Waals surface area contributed by atoms with Gasteiger partial charge in [0.05, 0.1) is 11.3 Å². The van der Waals surface area contributed by atoms with Crippen LogP contribution in [0.3, 0.4) is 0 Å². The third kappa shape index (κ3) is 3.59. The molecule has 4 nitrogen and oxygen atoms in total. The topological polar surface area (TPSA) is 40.6 Å². The van der Waals surface area contributed by atoms with E-state index in [9.17, 15) is 31.5 Å². The Morgan fingerprint density at radius 3 is 2.28 bits per heavy atom. The summed E-state index contributed by atoms with van der Waals surface area (Å²) in [6, 6.07) is 4.52. The molecule has 0 aliphatic carbocycles. The Labute approximate surface area is 164 Å². The average molecular weight is 408 g/mol. The maximum Gasteiger partial charge on any atom is 0.419 e. The van der Waals surface area contributed by atoms with Crippen LogP contribution < -0.4 is 10.4 Å². The van der Waals surface area contributed by atoms with Crippen molar-refractivity contribution in [3.63, 3.8) is 0 Å². The maximum absolute atomic E-state index is 13.6. The number of carbonyl (C=O) groups is 2. The number of hydrogen-bond donors (Lipinski definition) is 0. The number of rotatable bonds is 3. The largest absolute Gasteiger partial charge is 0.419 e. The van der Waals surface area contributed by atoms with Gasteiger partial charge < -0.3 is 4.90 Å². The minimum Gasteiger partial charge on any atom is -0.305 e. The van der Waals surface area contributed by atoms with E-state index < -0.39 is 46.5 Å². The van der Waals surface area contributed by atoms with Gasteiger partial charge in [-0.1, -0.05) is 11.5 Å². The highest BCUT2D eigenvalue weighted by molar-refractivity contribution is 6.33. The van der Waals surface area contributed by atoms with E-state index in [1.807, 2.05) is 0 Å². The average Bonchev–Trinajstić information content (AvgIpc) is 2.76. The zero-order valence-electron chi connectivity index (χ0n) is 15.3. The van der Waals surface area contributed by atoms with E-state index in [-0.39, 0.29) is 12.0 Å². The van der Waals surface area contributed by atoms with E-state index >= 15 is 0 Å². The van der Waals surface area contributed by atoms with Crippen molar-refractivity contribution >= 4 is 30.9 Å². The van der Waals surface area contributed by atoms with Crippen molar-refractivity contribution < 1.29 is 31.5 Å². The van der Waals surface area contributed by atoms with Crippen LogP contribution in [-0.2, 0) is 17.5 Å². The van der Waals surface area contributed by atoms with E-state index in [0.29, 0.717) is 22.6 Å². The number of anilines is 1. The molecule has 29 heavy (non-hydrogen) atoms. The summed E-state index contributed by atoms with van der Waals surface area (Å²) < 4.78 is 65.9. The molecule has 1 aliphatic heterocycles. The van der Waals surface area contributed by atoms with E-state index in [2.05, 4.69) is 0 Å². The first-order valence-corrected chi connectivity index (χ1v) is 8.41. The Bertz CT molecular complexity index is 1010. The highest BCUT2D eigenvalue weighted by Gasteiger charge is 2.52. The maximum atomic E-state index is 13.6. The summed E-state index contributed by atoms with van der Waals surface area (Å²) in [5, 5.41) is 0. The standard InChI is InChI=1S/C19H14BF5N2O2/c1-18(2)16(28)27(12-5-6-15(22)13(8-12)19(23,24)25)17(29)26(18)9-10-3-4-11(21)7-14(10)20/h3-8H,9H2,1-2H3. The summed E-state index contributed by atoms with van der Waals surface area (Å²) in [5.41, 5.74) is -3.01. The summed E-state index contributed by atoms with van der Waals surface area (Å²) >= 11 is 0. The van der Waals surface area contributed by atoms with Gasteiger partial charge in [-0.05, 0) is 49.7 Å². The molecule has 10 heteroatoms. The van der Waals surface area contributed by atoms with Gasteiger partial charge in [-0.15, -0.1) is 0 Å². The molecule has 1 heterocycles. The third-order valence-electron chi connectivity index (χ3n) is 4.77. The lowest BCUT2D eigenvalue weighted by atomic mass is 9.89. The molecule has 1 aliphatic rings. The van der Waals surface area contributed by atoms with Gasteiger partial charge in [0.15, 0.2) is 0 Å². The normalized spacial score (nSPS) is 16.7. The van der Waals surface area contributed by atoms with Crippen molar-refractivity contribution in [2.45, 2.75) is 32.1 Å². The van der Waals surface area contributed by atoms with Crippen LogP contribution >= 0.6 is 0 Å². The SMILES string of the molecule is [B]c1cc(F)ccc1CN1C(=O)N(c2ccc(F)c(C(F)(F)F)c2)C(=O)C1(C)C. The van der Waals surface area contributed by atoms with Gasteiger partial charge in [-0.2, -0.15) is 13.2 Å². The Balaban J connectivity index is 2.01. The minimum absolute atomic E-state index is 0.0561. The Hall–Kier alpha value is -2.91. The molecule has 3 amide bonds. The predicted molar refractivity (Wildman–Crippen MR) is 95.7 cm³/mol. The molecule has 0 aromatic heterocycles. The molecular formula is C19H14BF5N2O2. The molecule has 0 spiro atoms. The van der Waals surface area contributed by atoms with Gasteiger partial charge in [-0.3, -0.25) is 4.79 Å². The van der Waals surface area contributed by atoms with Gasteiger partial charge in [0, 0.05) is 6.54 Å². The zero-order valence-corrected chi connectivity index (χ0v) is 15.3. The number of nitrogens with zero attached hydrogens (tertiary/aromatic N) is 2. The first kappa shape index (κ1) is 20.8. The van der Waals surface area contributed by atoms with Gasteiger partial charge in [0.2, 0.25) is 0 Å². The van der Waals surface area contributed by atoms with Crippen LogP contribution in [0.15, 0.2) is 36.4 Å². The fourth-order valence-electron chi connectivity index (χ4n) is 3.08. The van der Waals surface area contributed by atoms with Crippen molar-refractivity contribution in [3.05, 3.63) is 59.2 Å². The number of urea groups is 1. The van der Waals surface area contributed by atoms with Crippen LogP contribution in [0, 0.1) is 11.6 Å². The summed E-state index contributed by atoms with van der Waals surface area (Å²) in [6.07, 6.45) is -5.00. The van der Waals surface area contributed by atoms with E-state index in [1.54, 1.807) is 0 Å². The first-order chi connectivity index (χ1) is 13.3. The quantitative estimate of drug-likeness (QED) is 0.443. The fraction of sp³-hybridized carbons (Fsp3) is 0.263. The zero-order chi connectivity index (χ0) is 21.7. The highest BCUT2D eigenvalue weighted by atomic mass is 19.4. The van der Waals surface area contributed by atoms with Gasteiger partial charge in [-0.25, -0.2) is 18.5 Å². The van der Waals surface area contributed by atoms with Crippen molar-refractivity contribution in [2.75, 3.05) is 4.90 Å². The van der Waals surface area contributed by atoms with Crippen LogP contribution in [0.25, 0.3) is 0 Å². The van der Waals surface area contributed by atoms with E-state index in [1.165, 1.54) is 19.9 Å². The van der Waals surface area contributed by atoms with Crippen LogP contribution in [0.2, 0.25) is 0 Å². The molecule has 0 unspecified atom stereocenters. The second-order valence-electron chi connectivity index (χ2n) is 7.07. The number of halogens is 5. The lowest BCUT2D eigenvalue weighted by Gasteiger charge is -2.28. The number of carbonyl (C=O) groups excluding carboxylic acids is 2. The lowest BCUT2D eigenvalue weighted by molar-refractivity contribution is -0.140. The molecule has 2 aromatic rings. The highest BCUT2D eigenvalue weighted by Crippen LogP contribution is 2.37. The Morgan fingerprint density at radius 1 is 1.03 bits per heavy atom. The minimum atomic E-state index is -5.00. The van der Waals surface area contributed by atoms with Crippen molar-refractivity contribution in [1.82, 2.24) is 4.90 Å². The summed E-state index contributed by atoms with van der Waals surface area (Å²) in [7, 11) is 5.76. The molecule has 0 N–H and O–H groups in total. The second-order valence-corrected chi connectivity index (χ2v) is 7.07. The second kappa shape index (κ2) is 6.86. The van der Waals surface area contributed by atoms with Gasteiger partial charge in [0.25, 0.3) is 5.91 Å². The first-order valence-electron chi connectivity index (χ1n) is 8.41. The lowest BCUT2D eigenvalue weighted by Crippen LogP contribution is -2.44. The summed E-state index contributed by atoms with van der Waals surface area (Å²) in [6.45, 7) is 2.66. The fourth-order valence-corrected chi connectivity index (χ4v) is 3.08. The summed E-state index contributed by atoms with van der Waals surface area (Å²) in [5.74, 6) is -2.89.